The monoisotopic (exact) mass is 271 g/mol. The Morgan fingerprint density at radius 1 is 1.26 bits per heavy atom. The number of hydrogen-bond acceptors (Lipinski definition) is 4. The SMILES string of the molecule is COC(=O)C[C@@H]1CCC[C@@H](NC(=O)OC(C)(C)C)C1. The molecule has 1 aliphatic rings. The van der Waals surface area contributed by atoms with E-state index < -0.39 is 5.60 Å². The summed E-state index contributed by atoms with van der Waals surface area (Å²) in [5, 5.41) is 2.88. The lowest BCUT2D eigenvalue weighted by Gasteiger charge is -2.30. The average Bonchev–Trinajstić information content (AvgIpc) is 2.26. The number of ether oxygens (including phenoxy) is 2. The fourth-order valence-corrected chi connectivity index (χ4v) is 2.40. The van der Waals surface area contributed by atoms with E-state index >= 15 is 0 Å². The van der Waals surface area contributed by atoms with Crippen molar-refractivity contribution < 1.29 is 19.1 Å². The van der Waals surface area contributed by atoms with Crippen molar-refractivity contribution in [3.05, 3.63) is 0 Å². The Labute approximate surface area is 115 Å². The van der Waals surface area contributed by atoms with E-state index in [1.54, 1.807) is 0 Å². The van der Waals surface area contributed by atoms with Crippen LogP contribution in [0, 0.1) is 5.92 Å². The van der Waals surface area contributed by atoms with Crippen LogP contribution in [0.5, 0.6) is 0 Å². The lowest BCUT2D eigenvalue weighted by Crippen LogP contribution is -2.41. The molecule has 5 nitrogen and oxygen atoms in total. The smallest absolute Gasteiger partial charge is 0.407 e. The topological polar surface area (TPSA) is 64.6 Å². The molecule has 0 bridgehead atoms. The van der Waals surface area contributed by atoms with E-state index in [1.807, 2.05) is 20.8 Å². The molecular formula is C14H25NO4. The lowest BCUT2D eigenvalue weighted by atomic mass is 9.84. The minimum Gasteiger partial charge on any atom is -0.469 e. The largest absolute Gasteiger partial charge is 0.469 e. The number of esters is 1. The van der Waals surface area contributed by atoms with Gasteiger partial charge in [-0.2, -0.15) is 0 Å². The van der Waals surface area contributed by atoms with Gasteiger partial charge in [0.25, 0.3) is 0 Å². The summed E-state index contributed by atoms with van der Waals surface area (Å²) in [7, 11) is 1.40. The molecule has 1 rings (SSSR count). The molecule has 5 heteroatoms. The number of hydrogen-bond donors (Lipinski definition) is 1. The number of carbonyl (C=O) groups is 2. The van der Waals surface area contributed by atoms with E-state index in [0.29, 0.717) is 12.3 Å². The summed E-state index contributed by atoms with van der Waals surface area (Å²) in [6, 6.07) is 0.0956. The number of amides is 1. The zero-order chi connectivity index (χ0) is 14.5. The summed E-state index contributed by atoms with van der Waals surface area (Å²) >= 11 is 0. The van der Waals surface area contributed by atoms with E-state index in [9.17, 15) is 9.59 Å². The van der Waals surface area contributed by atoms with Crippen molar-refractivity contribution in [2.75, 3.05) is 7.11 Å². The number of methoxy groups -OCH3 is 1. The summed E-state index contributed by atoms with van der Waals surface area (Å²) in [5.74, 6) is 0.115. The van der Waals surface area contributed by atoms with Gasteiger partial charge in [-0.15, -0.1) is 0 Å². The van der Waals surface area contributed by atoms with Gasteiger partial charge in [-0.05, 0) is 46.0 Å². The van der Waals surface area contributed by atoms with E-state index in [4.69, 9.17) is 4.74 Å². The molecule has 19 heavy (non-hydrogen) atoms. The predicted octanol–water partition coefficient (Wildman–Crippen LogP) is 2.63. The number of alkyl carbamates (subject to hydrolysis) is 1. The van der Waals surface area contributed by atoms with Crippen LogP contribution in [-0.2, 0) is 14.3 Å². The minimum atomic E-state index is -0.482. The third-order valence-corrected chi connectivity index (χ3v) is 3.19. The molecule has 1 amide bonds. The third-order valence-electron chi connectivity index (χ3n) is 3.19. The van der Waals surface area contributed by atoms with E-state index in [0.717, 1.165) is 25.7 Å². The summed E-state index contributed by atoms with van der Waals surface area (Å²) < 4.78 is 9.92. The summed E-state index contributed by atoms with van der Waals surface area (Å²) in [5.41, 5.74) is -0.482. The van der Waals surface area contributed by atoms with Crippen LogP contribution in [0.2, 0.25) is 0 Å². The molecule has 0 spiro atoms. The standard InChI is InChI=1S/C14H25NO4/c1-14(2,3)19-13(17)15-11-7-5-6-10(8-11)9-12(16)18-4/h10-11H,5-9H2,1-4H3,(H,15,17)/t10-,11-/m1/s1. The van der Waals surface area contributed by atoms with Crippen molar-refractivity contribution in [2.24, 2.45) is 5.92 Å². The lowest BCUT2D eigenvalue weighted by molar-refractivity contribution is -0.142. The molecule has 0 unspecified atom stereocenters. The van der Waals surface area contributed by atoms with Gasteiger partial charge in [-0.3, -0.25) is 4.79 Å². The number of rotatable bonds is 3. The average molecular weight is 271 g/mol. The predicted molar refractivity (Wildman–Crippen MR) is 71.7 cm³/mol. The van der Waals surface area contributed by atoms with Crippen LogP contribution < -0.4 is 5.32 Å². The normalized spacial score (nSPS) is 23.6. The fourth-order valence-electron chi connectivity index (χ4n) is 2.40. The maximum Gasteiger partial charge on any atom is 0.407 e. The Morgan fingerprint density at radius 2 is 1.95 bits per heavy atom. The Bertz CT molecular complexity index is 322. The van der Waals surface area contributed by atoms with Crippen LogP contribution >= 0.6 is 0 Å². The number of carbonyl (C=O) groups excluding carboxylic acids is 2. The number of nitrogens with one attached hydrogen (secondary N) is 1. The molecule has 0 saturated heterocycles. The fraction of sp³-hybridized carbons (Fsp3) is 0.857. The van der Waals surface area contributed by atoms with Crippen LogP contribution in [0.25, 0.3) is 0 Å². The molecule has 0 aromatic heterocycles. The van der Waals surface area contributed by atoms with Gasteiger partial charge in [0.05, 0.1) is 7.11 Å². The van der Waals surface area contributed by atoms with Crippen molar-refractivity contribution in [3.8, 4) is 0 Å². The summed E-state index contributed by atoms with van der Waals surface area (Å²) in [6.07, 6.45) is 3.84. The van der Waals surface area contributed by atoms with Crippen molar-refractivity contribution in [1.82, 2.24) is 5.32 Å². The first kappa shape index (κ1) is 15.8. The molecule has 1 fully saturated rings. The Balaban J connectivity index is 2.38. The van der Waals surface area contributed by atoms with Gasteiger partial charge in [0.2, 0.25) is 0 Å². The summed E-state index contributed by atoms with van der Waals surface area (Å²) in [4.78, 5) is 22.9. The summed E-state index contributed by atoms with van der Waals surface area (Å²) in [6.45, 7) is 5.52. The van der Waals surface area contributed by atoms with Crippen LogP contribution in [0.4, 0.5) is 4.79 Å². The van der Waals surface area contributed by atoms with E-state index in [-0.39, 0.29) is 18.1 Å². The second-order valence-electron chi connectivity index (χ2n) is 6.16. The van der Waals surface area contributed by atoms with Crippen LogP contribution in [0.3, 0.4) is 0 Å². The van der Waals surface area contributed by atoms with Gasteiger partial charge in [0.1, 0.15) is 5.60 Å². The van der Waals surface area contributed by atoms with E-state index in [1.165, 1.54) is 7.11 Å². The molecule has 0 radical (unpaired) electrons. The van der Waals surface area contributed by atoms with Gasteiger partial charge in [-0.25, -0.2) is 4.79 Å². The first-order valence-electron chi connectivity index (χ1n) is 6.86. The van der Waals surface area contributed by atoms with Gasteiger partial charge in [-0.1, -0.05) is 6.42 Å². The minimum absolute atomic E-state index is 0.0956. The van der Waals surface area contributed by atoms with Crippen molar-refractivity contribution in [3.63, 3.8) is 0 Å². The highest BCUT2D eigenvalue weighted by Crippen LogP contribution is 2.27. The Kier molecular flexibility index (Phi) is 5.63. The van der Waals surface area contributed by atoms with Crippen LogP contribution in [0.1, 0.15) is 52.9 Å². The van der Waals surface area contributed by atoms with Gasteiger partial charge in [0, 0.05) is 12.5 Å². The first-order valence-corrected chi connectivity index (χ1v) is 6.86. The second-order valence-corrected chi connectivity index (χ2v) is 6.16. The molecule has 0 aliphatic heterocycles. The molecular weight excluding hydrogens is 246 g/mol. The maximum atomic E-state index is 11.7. The van der Waals surface area contributed by atoms with Crippen molar-refractivity contribution in [2.45, 2.75) is 64.5 Å². The highest BCUT2D eigenvalue weighted by molar-refractivity contribution is 5.69. The quantitative estimate of drug-likeness (QED) is 0.801. The molecule has 1 N–H and O–H groups in total. The molecule has 0 heterocycles. The van der Waals surface area contributed by atoms with Gasteiger partial charge >= 0.3 is 12.1 Å². The highest BCUT2D eigenvalue weighted by Gasteiger charge is 2.26. The molecule has 1 saturated carbocycles. The van der Waals surface area contributed by atoms with Crippen LogP contribution in [-0.4, -0.2) is 30.8 Å². The van der Waals surface area contributed by atoms with Gasteiger partial charge < -0.3 is 14.8 Å². The van der Waals surface area contributed by atoms with Gasteiger partial charge in [0.15, 0.2) is 0 Å². The third kappa shape index (κ3) is 6.45. The Morgan fingerprint density at radius 3 is 2.53 bits per heavy atom. The van der Waals surface area contributed by atoms with Crippen LogP contribution in [0.15, 0.2) is 0 Å². The van der Waals surface area contributed by atoms with Crippen molar-refractivity contribution >= 4 is 12.1 Å². The molecule has 2 atom stereocenters. The van der Waals surface area contributed by atoms with E-state index in [2.05, 4.69) is 10.1 Å². The molecule has 1 aliphatic carbocycles. The molecule has 0 aromatic rings. The maximum absolute atomic E-state index is 11.7. The van der Waals surface area contributed by atoms with Crippen molar-refractivity contribution in [1.29, 1.82) is 0 Å². The molecule has 110 valence electrons. The first-order chi connectivity index (χ1) is 8.80. The zero-order valence-corrected chi connectivity index (χ0v) is 12.3. The zero-order valence-electron chi connectivity index (χ0n) is 12.3. The second kappa shape index (κ2) is 6.78. The Hall–Kier alpha value is -1.26. The highest BCUT2D eigenvalue weighted by atomic mass is 16.6. The molecule has 0 aromatic carbocycles.